The van der Waals surface area contributed by atoms with Crippen molar-refractivity contribution in [2.24, 2.45) is 18.4 Å². The summed E-state index contributed by atoms with van der Waals surface area (Å²) < 4.78 is 39.0. The predicted molar refractivity (Wildman–Crippen MR) is 293 cm³/mol. The molecule has 1 saturated carbocycles. The Morgan fingerprint density at radius 2 is 1.68 bits per heavy atom. The van der Waals surface area contributed by atoms with Gasteiger partial charge in [0.1, 0.15) is 17.8 Å². The molecule has 75 heavy (non-hydrogen) atoms. The Bertz CT molecular complexity index is 3130. The first kappa shape index (κ1) is 53.4. The van der Waals surface area contributed by atoms with Gasteiger partial charge in [0.25, 0.3) is 12.0 Å². The molecule has 0 bridgehead atoms. The van der Waals surface area contributed by atoms with Crippen LogP contribution in [0.3, 0.4) is 0 Å². The van der Waals surface area contributed by atoms with E-state index in [4.69, 9.17) is 4.74 Å². The van der Waals surface area contributed by atoms with Gasteiger partial charge in [0.15, 0.2) is 0 Å². The van der Waals surface area contributed by atoms with E-state index < -0.39 is 29.5 Å². The molecular weight excluding hydrogens is 971 g/mol. The van der Waals surface area contributed by atoms with E-state index in [1.807, 2.05) is 68.3 Å². The minimum absolute atomic E-state index is 0.0526. The van der Waals surface area contributed by atoms with Crippen molar-refractivity contribution in [1.29, 1.82) is 0 Å². The van der Waals surface area contributed by atoms with Gasteiger partial charge >= 0.3 is 0 Å². The van der Waals surface area contributed by atoms with Crippen molar-refractivity contribution in [2.45, 2.75) is 149 Å². The number of anilines is 2. The van der Waals surface area contributed by atoms with Gasteiger partial charge in [-0.3, -0.25) is 23.9 Å². The second-order valence-corrected chi connectivity index (χ2v) is 23.2. The summed E-state index contributed by atoms with van der Waals surface area (Å²) in [6, 6.07) is 16.1. The van der Waals surface area contributed by atoms with E-state index in [1.54, 1.807) is 54.1 Å². The summed E-state index contributed by atoms with van der Waals surface area (Å²) in [5.74, 6) is 0.200. The van der Waals surface area contributed by atoms with E-state index >= 15 is 0 Å². The summed E-state index contributed by atoms with van der Waals surface area (Å²) in [4.78, 5) is 64.0. The van der Waals surface area contributed by atoms with Crippen LogP contribution in [0.1, 0.15) is 133 Å². The zero-order chi connectivity index (χ0) is 53.3. The second-order valence-electron chi connectivity index (χ2n) is 22.4. The number of hydrogen-bond donors (Lipinski definition) is 2. The molecule has 0 spiro atoms. The molecule has 3 aromatic heterocycles. The van der Waals surface area contributed by atoms with Gasteiger partial charge in [0, 0.05) is 79.2 Å². The summed E-state index contributed by atoms with van der Waals surface area (Å²) >= 11 is 1.61. The third-order valence-electron chi connectivity index (χ3n) is 15.7. The maximum Gasteiger partial charge on any atom is 0.264 e. The molecular formula is C59H72F2N8O5S. The fourth-order valence-electron chi connectivity index (χ4n) is 11.3. The number of alkyl halides is 2. The smallest absolute Gasteiger partial charge is 0.264 e. The number of ether oxygens (including phenoxy) is 1. The van der Waals surface area contributed by atoms with E-state index in [9.17, 15) is 28.0 Å². The molecule has 0 radical (unpaired) electrons. The van der Waals surface area contributed by atoms with Crippen LogP contribution >= 0.6 is 11.3 Å². The topological polar surface area (TPSA) is 144 Å². The number of aromatic nitrogens is 4. The van der Waals surface area contributed by atoms with E-state index in [0.717, 1.165) is 102 Å². The first-order valence-corrected chi connectivity index (χ1v) is 27.6. The van der Waals surface area contributed by atoms with Gasteiger partial charge in [0.05, 0.1) is 46.1 Å². The Morgan fingerprint density at radius 3 is 2.36 bits per heavy atom. The monoisotopic (exact) mass is 1040 g/mol. The quantitative estimate of drug-likeness (QED) is 0.0763. The van der Waals surface area contributed by atoms with Crippen LogP contribution in [0.2, 0.25) is 0 Å². The van der Waals surface area contributed by atoms with Gasteiger partial charge in [-0.2, -0.15) is 5.10 Å². The number of thiazole rings is 1. The highest BCUT2D eigenvalue weighted by atomic mass is 32.1. The zero-order valence-electron chi connectivity index (χ0n) is 44.7. The van der Waals surface area contributed by atoms with Crippen molar-refractivity contribution in [2.75, 3.05) is 25.1 Å². The number of aryl methyl sites for hydroxylation is 5. The fourth-order valence-corrected chi connectivity index (χ4v) is 12.1. The van der Waals surface area contributed by atoms with Gasteiger partial charge < -0.3 is 29.7 Å². The molecule has 2 N–H and O–H groups in total. The largest absolute Gasteiger partial charge is 0.497 e. The molecule has 398 valence electrons. The molecule has 3 amide bonds. The number of likely N-dealkylation sites (tertiary alicyclic amines) is 1. The molecule has 3 aliphatic rings. The van der Waals surface area contributed by atoms with Crippen molar-refractivity contribution < 1.29 is 27.9 Å². The van der Waals surface area contributed by atoms with Gasteiger partial charge in [-0.25, -0.2) is 13.8 Å². The Hall–Kier alpha value is -6.42. The second kappa shape index (κ2) is 22.0. The molecule has 5 heterocycles. The summed E-state index contributed by atoms with van der Waals surface area (Å²) in [6.07, 6.45) is 10.3. The first-order chi connectivity index (χ1) is 35.8. The number of carbonyl (C=O) groups excluding carboxylic acids is 3. The molecule has 3 atom stereocenters. The molecule has 1 aliphatic carbocycles. The minimum Gasteiger partial charge on any atom is -0.497 e. The van der Waals surface area contributed by atoms with Crippen LogP contribution in [0, 0.1) is 25.2 Å². The number of nitrogens with one attached hydrogen (secondary N) is 2. The van der Waals surface area contributed by atoms with Crippen LogP contribution in [0.25, 0.3) is 32.5 Å². The van der Waals surface area contributed by atoms with Crippen molar-refractivity contribution in [3.8, 4) is 27.3 Å². The molecule has 1 saturated heterocycles. The number of nitrogens with zero attached hydrogens (tertiary/aromatic N) is 6. The van der Waals surface area contributed by atoms with E-state index in [0.29, 0.717) is 66.9 Å². The van der Waals surface area contributed by atoms with Crippen LogP contribution in [-0.2, 0) is 39.9 Å². The number of hydrogen-bond acceptors (Lipinski definition) is 9. The van der Waals surface area contributed by atoms with E-state index in [1.165, 1.54) is 0 Å². The fraction of sp³-hybridized carbons (Fsp3) is 0.492. The Morgan fingerprint density at radius 1 is 0.947 bits per heavy atom. The molecule has 9 rings (SSSR count). The lowest BCUT2D eigenvalue weighted by Gasteiger charge is -2.36. The summed E-state index contributed by atoms with van der Waals surface area (Å²) in [7, 11) is 3.31. The molecule has 3 aromatic carbocycles. The summed E-state index contributed by atoms with van der Waals surface area (Å²) in [5.41, 5.74) is 8.80. The third kappa shape index (κ3) is 11.4. The van der Waals surface area contributed by atoms with Gasteiger partial charge in [-0.1, -0.05) is 77.6 Å². The number of amides is 3. The number of rotatable bonds is 19. The number of carbonyl (C=O) groups is 3. The lowest BCUT2D eigenvalue weighted by atomic mass is 9.85. The summed E-state index contributed by atoms with van der Waals surface area (Å²) in [6.45, 7) is 13.5. The molecule has 16 heteroatoms. The highest BCUT2D eigenvalue weighted by Gasteiger charge is 2.50. The summed E-state index contributed by atoms with van der Waals surface area (Å²) in [5, 5.41) is 11.8. The lowest BCUT2D eigenvalue weighted by molar-refractivity contribution is -0.144. The maximum atomic E-state index is 15.0. The number of unbranched alkanes of at least 4 members (excludes halogenated alkanes) is 5. The van der Waals surface area contributed by atoms with Crippen LogP contribution in [-0.4, -0.2) is 74.2 Å². The van der Waals surface area contributed by atoms with Gasteiger partial charge in [-0.15, -0.1) is 11.3 Å². The molecule has 6 aromatic rings. The molecule has 2 aliphatic heterocycles. The lowest BCUT2D eigenvalue weighted by Crippen LogP contribution is -2.58. The maximum absolute atomic E-state index is 15.0. The van der Waals surface area contributed by atoms with Crippen molar-refractivity contribution in [1.82, 2.24) is 34.9 Å². The van der Waals surface area contributed by atoms with Crippen molar-refractivity contribution in [3.63, 3.8) is 0 Å². The normalized spacial score (nSPS) is 17.6. The highest BCUT2D eigenvalue weighted by Crippen LogP contribution is 2.47. The number of pyridine rings is 1. The Kier molecular flexibility index (Phi) is 15.7. The first-order valence-electron chi connectivity index (χ1n) is 26.7. The number of methoxy groups -OCH3 is 1. The molecule has 0 unspecified atom stereocenters. The molecule has 2 fully saturated rings. The van der Waals surface area contributed by atoms with E-state index in [2.05, 4.69) is 56.8 Å². The average Bonchev–Trinajstić information content (AvgIpc) is 3.64. The average molecular weight is 1040 g/mol. The number of benzene rings is 3. The Balaban J connectivity index is 0.746. The number of fused-ring (bicyclic) bond motifs is 2. The zero-order valence-corrected chi connectivity index (χ0v) is 45.5. The Labute approximate surface area is 443 Å². The van der Waals surface area contributed by atoms with Crippen molar-refractivity contribution in [3.05, 3.63) is 111 Å². The van der Waals surface area contributed by atoms with E-state index in [-0.39, 0.29) is 34.8 Å². The minimum atomic E-state index is -2.71. The van der Waals surface area contributed by atoms with Gasteiger partial charge in [0.2, 0.25) is 17.7 Å². The van der Waals surface area contributed by atoms with Crippen LogP contribution < -0.4 is 25.8 Å². The highest BCUT2D eigenvalue weighted by molar-refractivity contribution is 7.13. The van der Waals surface area contributed by atoms with Crippen molar-refractivity contribution >= 4 is 51.3 Å². The SMILES string of the molecule is COc1cc(N2CCCc3cc(-c4cnn(CCCCCCCCC(=O)N[C@H](C(=O)N5C[C@H](C)C[C@H]5C(=O)NC5(c6ccc(-c7scnc7C)cc6)CC5)C(C)(C)C)c4)c(C(F)F)cc32)c2cc(C)c(=O)n(C)c2c1. The standard InChI is InChI=1S/C59H72F2N8O5S/c1-36-26-50(55(71)65-59(22-23-59)42-20-18-39(19-21-42)52-38(3)62-35-75-52)69(33-36)57(73)53(58(4,5)6)64-51(70)17-13-11-9-10-12-14-24-67-34-41(32-63-67)44-28-40-16-15-25-68(47(40)31-45(44)54(60)61)49-30-43(74-8)29-48-46(49)27-37(2)56(72)66(48)7/h18-21,27-32,34-36,50,53-54H,9-17,22-26,33H2,1-8H3,(H,64,70)(H,65,71)/t36-,50+,53-/m1/s1. The van der Waals surface area contributed by atoms with Crippen LogP contribution in [0.4, 0.5) is 20.2 Å². The van der Waals surface area contributed by atoms with Crippen LogP contribution in [0.5, 0.6) is 5.75 Å². The molecule has 13 nitrogen and oxygen atoms in total. The predicted octanol–water partition coefficient (Wildman–Crippen LogP) is 11.5. The number of halogens is 2. The third-order valence-corrected chi connectivity index (χ3v) is 16.6. The van der Waals surface area contributed by atoms with Crippen LogP contribution in [0.15, 0.2) is 77.3 Å². The van der Waals surface area contributed by atoms with Gasteiger partial charge in [-0.05, 0) is 111 Å².